The number of hydrogen-bond acceptors (Lipinski definition) is 5. The summed E-state index contributed by atoms with van der Waals surface area (Å²) < 4.78 is 11.9. The summed E-state index contributed by atoms with van der Waals surface area (Å²) in [6.07, 6.45) is 0.739. The van der Waals surface area contributed by atoms with E-state index in [1.807, 2.05) is 13.8 Å². The van der Waals surface area contributed by atoms with E-state index < -0.39 is 5.76 Å². The molecule has 2 heterocycles. The predicted molar refractivity (Wildman–Crippen MR) is 75.2 cm³/mol. The van der Waals surface area contributed by atoms with Gasteiger partial charge in [-0.25, -0.2) is 4.79 Å². The van der Waals surface area contributed by atoms with E-state index >= 15 is 0 Å². The second-order valence-corrected chi connectivity index (χ2v) is 5.18. The number of benzene rings is 1. The molecule has 20 heavy (non-hydrogen) atoms. The van der Waals surface area contributed by atoms with E-state index in [9.17, 15) is 4.79 Å². The monoisotopic (exact) mass is 295 g/mol. The fourth-order valence-electron chi connectivity index (χ4n) is 2.36. The molecule has 0 aliphatic carbocycles. The van der Waals surface area contributed by atoms with Gasteiger partial charge in [0, 0.05) is 19.0 Å². The first-order chi connectivity index (χ1) is 9.51. The summed E-state index contributed by atoms with van der Waals surface area (Å²) in [5.41, 5.74) is 2.34. The number of anilines is 1. The maximum Gasteiger partial charge on any atom is 0.443 e. The highest BCUT2D eigenvalue weighted by atomic mass is 35.5. The van der Waals surface area contributed by atoms with Gasteiger partial charge in [-0.15, -0.1) is 5.10 Å². The number of nitrogens with zero attached hydrogens (tertiary/aromatic N) is 2. The topological polar surface area (TPSA) is 69.3 Å². The van der Waals surface area contributed by atoms with Gasteiger partial charge in [-0.05, 0) is 25.5 Å². The molecule has 0 bridgehead atoms. The van der Waals surface area contributed by atoms with Gasteiger partial charge in [-0.3, -0.25) is 0 Å². The van der Waals surface area contributed by atoms with Crippen molar-refractivity contribution < 1.29 is 9.15 Å². The van der Waals surface area contributed by atoms with Crippen molar-refractivity contribution >= 4 is 17.6 Å². The van der Waals surface area contributed by atoms with Crippen LogP contribution in [0.5, 0.6) is 5.75 Å². The standard InChI is InChI=1S/C13H14ClN3O3/c1-6-4-9(17-13(18)20-12(15-3)16-17)11-8(10(6)14)5-7(2)19-11/h4,7H,5H2,1-3H3,(H,15,16). The van der Waals surface area contributed by atoms with Gasteiger partial charge in [0.2, 0.25) is 0 Å². The number of fused-ring (bicyclic) bond motifs is 1. The molecule has 1 aliphatic rings. The first-order valence-corrected chi connectivity index (χ1v) is 6.66. The maximum atomic E-state index is 11.9. The van der Waals surface area contributed by atoms with Crippen molar-refractivity contribution in [2.45, 2.75) is 26.4 Å². The van der Waals surface area contributed by atoms with Crippen LogP contribution in [0.2, 0.25) is 5.02 Å². The molecule has 0 fully saturated rings. The molecular weight excluding hydrogens is 282 g/mol. The van der Waals surface area contributed by atoms with E-state index in [1.54, 1.807) is 13.1 Å². The Labute approximate surface area is 120 Å². The van der Waals surface area contributed by atoms with Gasteiger partial charge in [0.1, 0.15) is 17.5 Å². The molecule has 0 spiro atoms. The van der Waals surface area contributed by atoms with Crippen LogP contribution in [0.25, 0.3) is 5.69 Å². The van der Waals surface area contributed by atoms with E-state index in [0.29, 0.717) is 22.9 Å². The highest BCUT2D eigenvalue weighted by Crippen LogP contribution is 2.40. The molecule has 7 heteroatoms. The smallest absolute Gasteiger partial charge is 0.443 e. The lowest BCUT2D eigenvalue weighted by Gasteiger charge is -2.10. The lowest BCUT2D eigenvalue weighted by atomic mass is 10.1. The average molecular weight is 296 g/mol. The fraction of sp³-hybridized carbons (Fsp3) is 0.385. The second kappa shape index (κ2) is 4.56. The van der Waals surface area contributed by atoms with Gasteiger partial charge < -0.3 is 14.5 Å². The lowest BCUT2D eigenvalue weighted by Crippen LogP contribution is -2.15. The highest BCUT2D eigenvalue weighted by Gasteiger charge is 2.28. The average Bonchev–Trinajstić information content (AvgIpc) is 2.97. The second-order valence-electron chi connectivity index (χ2n) is 4.80. The summed E-state index contributed by atoms with van der Waals surface area (Å²) in [6, 6.07) is 1.94. The van der Waals surface area contributed by atoms with Crippen LogP contribution in [-0.2, 0) is 6.42 Å². The minimum Gasteiger partial charge on any atom is -0.488 e. The Hall–Kier alpha value is -1.95. The number of rotatable bonds is 2. The third-order valence-corrected chi connectivity index (χ3v) is 3.80. The molecule has 1 unspecified atom stereocenters. The molecule has 1 aliphatic heterocycles. The van der Waals surface area contributed by atoms with Crippen LogP contribution in [0.3, 0.4) is 0 Å². The lowest BCUT2D eigenvalue weighted by molar-refractivity contribution is 0.253. The van der Waals surface area contributed by atoms with E-state index in [-0.39, 0.29) is 12.1 Å². The molecule has 6 nitrogen and oxygen atoms in total. The zero-order valence-corrected chi connectivity index (χ0v) is 12.1. The Morgan fingerprint density at radius 3 is 2.95 bits per heavy atom. The molecule has 0 radical (unpaired) electrons. The molecule has 3 rings (SSSR count). The molecular formula is C13H14ClN3O3. The summed E-state index contributed by atoms with van der Waals surface area (Å²) in [6.45, 7) is 3.85. The van der Waals surface area contributed by atoms with Gasteiger partial charge in [0.15, 0.2) is 0 Å². The van der Waals surface area contributed by atoms with Crippen molar-refractivity contribution in [2.24, 2.45) is 0 Å². The minimum atomic E-state index is -0.568. The molecule has 1 aromatic carbocycles. The molecule has 0 saturated carbocycles. The molecule has 1 atom stereocenters. The Kier molecular flexibility index (Phi) is 2.97. The molecule has 0 amide bonds. The predicted octanol–water partition coefficient (Wildman–Crippen LogP) is 2.15. The van der Waals surface area contributed by atoms with Gasteiger partial charge >= 0.3 is 11.8 Å². The van der Waals surface area contributed by atoms with E-state index in [0.717, 1.165) is 11.1 Å². The summed E-state index contributed by atoms with van der Waals surface area (Å²) >= 11 is 6.31. The zero-order chi connectivity index (χ0) is 14.4. The SMILES string of the molecule is CNc1nn(-c2cc(C)c(Cl)c3c2OC(C)C3)c(=O)o1. The number of aryl methyl sites for hydroxylation is 1. The van der Waals surface area contributed by atoms with Crippen molar-refractivity contribution in [3.8, 4) is 11.4 Å². The number of halogens is 1. The highest BCUT2D eigenvalue weighted by molar-refractivity contribution is 6.32. The third kappa shape index (κ3) is 1.87. The maximum absolute atomic E-state index is 11.9. The molecule has 1 aromatic heterocycles. The van der Waals surface area contributed by atoms with Crippen LogP contribution in [0, 0.1) is 6.92 Å². The van der Waals surface area contributed by atoms with Crippen molar-refractivity contribution in [1.82, 2.24) is 9.78 Å². The van der Waals surface area contributed by atoms with Gasteiger partial charge in [0.05, 0.1) is 5.02 Å². The zero-order valence-electron chi connectivity index (χ0n) is 11.4. The summed E-state index contributed by atoms with van der Waals surface area (Å²) in [5, 5.41) is 7.45. The van der Waals surface area contributed by atoms with Gasteiger partial charge in [-0.2, -0.15) is 4.68 Å². The molecule has 0 saturated heterocycles. The van der Waals surface area contributed by atoms with E-state index in [4.69, 9.17) is 20.8 Å². The van der Waals surface area contributed by atoms with Crippen LogP contribution in [0.4, 0.5) is 6.01 Å². The largest absolute Gasteiger partial charge is 0.488 e. The first-order valence-electron chi connectivity index (χ1n) is 6.28. The summed E-state index contributed by atoms with van der Waals surface area (Å²) in [4.78, 5) is 11.9. The molecule has 1 N–H and O–H groups in total. The Balaban J connectivity index is 2.25. The van der Waals surface area contributed by atoms with Crippen molar-refractivity contribution in [1.29, 1.82) is 0 Å². The van der Waals surface area contributed by atoms with Crippen molar-refractivity contribution in [3.05, 3.63) is 32.8 Å². The van der Waals surface area contributed by atoms with Crippen LogP contribution in [0.15, 0.2) is 15.3 Å². The Bertz CT molecular complexity index is 735. The normalized spacial score (nSPS) is 16.9. The van der Waals surface area contributed by atoms with E-state index in [2.05, 4.69) is 10.4 Å². The van der Waals surface area contributed by atoms with Crippen LogP contribution >= 0.6 is 11.6 Å². The van der Waals surface area contributed by atoms with Crippen molar-refractivity contribution in [3.63, 3.8) is 0 Å². The molecule has 2 aromatic rings. The third-order valence-electron chi connectivity index (χ3n) is 3.27. The van der Waals surface area contributed by atoms with Crippen molar-refractivity contribution in [2.75, 3.05) is 12.4 Å². The van der Waals surface area contributed by atoms with Gasteiger partial charge in [0.25, 0.3) is 0 Å². The number of nitrogens with one attached hydrogen (secondary N) is 1. The molecule has 106 valence electrons. The van der Waals surface area contributed by atoms with Gasteiger partial charge in [-0.1, -0.05) is 11.6 Å². The van der Waals surface area contributed by atoms with E-state index in [1.165, 1.54) is 4.68 Å². The first kappa shape index (κ1) is 13.1. The Morgan fingerprint density at radius 2 is 2.30 bits per heavy atom. The summed E-state index contributed by atoms with van der Waals surface area (Å²) in [5.74, 6) is 0.0348. The van der Waals surface area contributed by atoms with Crippen LogP contribution in [-0.4, -0.2) is 22.9 Å². The quantitative estimate of drug-likeness (QED) is 0.919. The number of hydrogen-bond donors (Lipinski definition) is 1. The van der Waals surface area contributed by atoms with Crippen LogP contribution in [0.1, 0.15) is 18.1 Å². The minimum absolute atomic E-state index is 0.0226. The number of ether oxygens (including phenoxy) is 1. The summed E-state index contributed by atoms with van der Waals surface area (Å²) in [7, 11) is 1.63. The van der Waals surface area contributed by atoms with Crippen LogP contribution < -0.4 is 15.8 Å². The number of aromatic nitrogens is 2. The fourth-order valence-corrected chi connectivity index (χ4v) is 2.58. The Morgan fingerprint density at radius 1 is 1.55 bits per heavy atom.